The third kappa shape index (κ3) is 6.17. The van der Waals surface area contributed by atoms with Crippen molar-refractivity contribution < 1.29 is 0 Å². The molecule has 0 aromatic heterocycles. The molecule has 0 radical (unpaired) electrons. The lowest BCUT2D eigenvalue weighted by molar-refractivity contribution is 0.754. The van der Waals surface area contributed by atoms with Crippen LogP contribution in [0.25, 0.3) is 77.9 Å². The molecular weight excluding hydrogens is 819 g/mol. The fourth-order valence-electron chi connectivity index (χ4n) is 11.4. The average molecular weight is 864 g/mol. The highest BCUT2D eigenvalue weighted by molar-refractivity contribution is 6.07. The first-order chi connectivity index (χ1) is 33.8. The van der Waals surface area contributed by atoms with Crippen molar-refractivity contribution in [1.82, 2.24) is 0 Å². The van der Waals surface area contributed by atoms with Gasteiger partial charge in [-0.25, -0.2) is 0 Å². The molecule has 318 valence electrons. The second-order valence-corrected chi connectivity index (χ2v) is 17.9. The molecule has 0 amide bonds. The molecule has 0 bridgehead atoms. The van der Waals surface area contributed by atoms with Crippen LogP contribution in [0.3, 0.4) is 0 Å². The Bertz CT molecular complexity index is 3430. The summed E-state index contributed by atoms with van der Waals surface area (Å²) in [7, 11) is 0. The van der Waals surface area contributed by atoms with Crippen molar-refractivity contribution in [2.75, 3.05) is 4.90 Å². The number of hydrogen-bond donors (Lipinski definition) is 0. The quantitative estimate of drug-likeness (QED) is 0.154. The molecule has 0 fully saturated rings. The van der Waals surface area contributed by atoms with Crippen molar-refractivity contribution in [2.24, 2.45) is 0 Å². The molecule has 2 aliphatic rings. The maximum Gasteiger partial charge on any atom is 0.0755 e. The summed E-state index contributed by atoms with van der Waals surface area (Å²) in [5.74, 6) is 0. The van der Waals surface area contributed by atoms with E-state index in [1.165, 1.54) is 100 Å². The van der Waals surface area contributed by atoms with E-state index in [1.54, 1.807) is 0 Å². The van der Waals surface area contributed by atoms with Crippen LogP contribution < -0.4 is 4.90 Å². The largest absolute Gasteiger partial charge is 0.309 e. The van der Waals surface area contributed by atoms with Crippen LogP contribution in [0.5, 0.6) is 0 Å². The second-order valence-electron chi connectivity index (χ2n) is 17.9. The molecule has 13 rings (SSSR count). The van der Waals surface area contributed by atoms with Crippen LogP contribution in [0.4, 0.5) is 17.1 Å². The highest BCUT2D eigenvalue weighted by atomic mass is 15.2. The summed E-state index contributed by atoms with van der Waals surface area (Å²) in [6.45, 7) is 0. The number of anilines is 3. The van der Waals surface area contributed by atoms with Gasteiger partial charge in [0.1, 0.15) is 0 Å². The number of nitrogens with zero attached hydrogens (tertiary/aromatic N) is 1. The van der Waals surface area contributed by atoms with Crippen molar-refractivity contribution in [3.05, 3.63) is 295 Å². The van der Waals surface area contributed by atoms with Gasteiger partial charge in [-0.2, -0.15) is 0 Å². The molecule has 1 aliphatic carbocycles. The number of benzene rings is 11. The van der Waals surface area contributed by atoms with E-state index in [1.807, 2.05) is 0 Å². The van der Waals surface area contributed by atoms with E-state index in [0.717, 1.165) is 16.8 Å². The predicted molar refractivity (Wildman–Crippen MR) is 285 cm³/mol. The van der Waals surface area contributed by atoms with Gasteiger partial charge in [-0.1, -0.05) is 237 Å². The van der Waals surface area contributed by atoms with Crippen LogP contribution in [-0.4, -0.2) is 0 Å². The minimum absolute atomic E-state index is 0.744. The normalized spacial score (nSPS) is 12.8. The first kappa shape index (κ1) is 39.6. The van der Waals surface area contributed by atoms with Crippen molar-refractivity contribution in [3.63, 3.8) is 0 Å². The molecule has 1 aliphatic heterocycles. The van der Waals surface area contributed by atoms with E-state index in [9.17, 15) is 0 Å². The summed E-state index contributed by atoms with van der Waals surface area (Å²) in [6.07, 6.45) is 0. The van der Waals surface area contributed by atoms with E-state index in [0.29, 0.717) is 0 Å². The Kier molecular flexibility index (Phi) is 9.47. The van der Waals surface area contributed by atoms with Gasteiger partial charge in [0.05, 0.1) is 16.8 Å². The molecule has 68 heavy (non-hydrogen) atoms. The van der Waals surface area contributed by atoms with Crippen LogP contribution >= 0.6 is 0 Å². The van der Waals surface area contributed by atoms with Gasteiger partial charge in [0.25, 0.3) is 0 Å². The lowest BCUT2D eigenvalue weighted by Crippen LogP contribution is -2.37. The summed E-state index contributed by atoms with van der Waals surface area (Å²) in [5, 5.41) is 0. The van der Waals surface area contributed by atoms with Gasteiger partial charge in [-0.3, -0.25) is 0 Å². The van der Waals surface area contributed by atoms with Crippen LogP contribution in [0.2, 0.25) is 0 Å². The van der Waals surface area contributed by atoms with Gasteiger partial charge in [-0.15, -0.1) is 0 Å². The number of para-hydroxylation sites is 1. The fourth-order valence-corrected chi connectivity index (χ4v) is 11.4. The van der Waals surface area contributed by atoms with Gasteiger partial charge in [0.15, 0.2) is 0 Å². The van der Waals surface area contributed by atoms with Gasteiger partial charge in [0.2, 0.25) is 0 Å². The van der Waals surface area contributed by atoms with Gasteiger partial charge in [-0.05, 0) is 125 Å². The Labute approximate surface area is 398 Å². The summed E-state index contributed by atoms with van der Waals surface area (Å²) in [6, 6.07) is 101. The minimum atomic E-state index is -0.744. The van der Waals surface area contributed by atoms with Crippen LogP contribution in [0.15, 0.2) is 273 Å². The van der Waals surface area contributed by atoms with Crippen LogP contribution in [-0.2, 0) is 5.41 Å². The predicted octanol–water partition coefficient (Wildman–Crippen LogP) is 17.8. The fraction of sp³-hybridized carbons (Fsp3) is 0.0149. The van der Waals surface area contributed by atoms with Gasteiger partial charge < -0.3 is 4.90 Å². The monoisotopic (exact) mass is 863 g/mol. The van der Waals surface area contributed by atoms with E-state index in [2.05, 4.69) is 278 Å². The van der Waals surface area contributed by atoms with Crippen LogP contribution in [0.1, 0.15) is 22.3 Å². The average Bonchev–Trinajstić information content (AvgIpc) is 3.72. The first-order valence-corrected chi connectivity index (χ1v) is 23.6. The Morgan fingerprint density at radius 3 is 0.853 bits per heavy atom. The maximum atomic E-state index is 2.60. The summed E-state index contributed by atoms with van der Waals surface area (Å²) < 4.78 is 0. The lowest BCUT2D eigenvalue weighted by Gasteiger charge is -2.47. The Balaban J connectivity index is 1.25. The molecule has 1 heteroatoms. The SMILES string of the molecule is c1ccc(-c2ccccc2-c2cc(-c3ccccc3)c3c(c2)C2(c4ccccc4-c4ccccc42)c2cc(-c4ccccc4-c4ccccc4)cc(-c4ccccc4)c2N3c2ccccc2)cc1. The lowest BCUT2D eigenvalue weighted by atomic mass is 9.62. The first-order valence-electron chi connectivity index (χ1n) is 23.6. The number of hydrogen-bond acceptors (Lipinski definition) is 1. The Morgan fingerprint density at radius 1 is 0.206 bits per heavy atom. The molecule has 0 atom stereocenters. The standard InChI is InChI=1S/C67H45N/c1-6-24-46(25-7-1)53-34-16-18-36-55(53)50-42-59(48-28-10-3-11-29-48)65-63(44-50)67(61-40-22-20-38-57(61)58-39-21-23-41-62(58)67)64-45-51(56-37-19-17-35-54(56)47-26-8-2-9-27-47)43-60(49-30-12-4-13-31-49)66(64)68(65)52-32-14-5-15-33-52/h1-45H. The van der Waals surface area contributed by atoms with Crippen molar-refractivity contribution in [1.29, 1.82) is 0 Å². The number of fused-ring (bicyclic) bond motifs is 9. The third-order valence-electron chi connectivity index (χ3n) is 14.3. The summed E-state index contributed by atoms with van der Waals surface area (Å²) in [4.78, 5) is 2.60. The third-order valence-corrected chi connectivity index (χ3v) is 14.3. The Morgan fingerprint density at radius 2 is 0.485 bits per heavy atom. The minimum Gasteiger partial charge on any atom is -0.309 e. The van der Waals surface area contributed by atoms with Gasteiger partial charge >= 0.3 is 0 Å². The molecule has 0 saturated carbocycles. The van der Waals surface area contributed by atoms with Crippen molar-refractivity contribution in [3.8, 4) is 77.9 Å². The molecule has 0 unspecified atom stereocenters. The maximum absolute atomic E-state index is 2.60. The van der Waals surface area contributed by atoms with E-state index in [4.69, 9.17) is 0 Å². The molecule has 0 N–H and O–H groups in total. The highest BCUT2D eigenvalue weighted by Gasteiger charge is 2.53. The van der Waals surface area contributed by atoms with Gasteiger partial charge in [0, 0.05) is 16.8 Å². The van der Waals surface area contributed by atoms with E-state index >= 15 is 0 Å². The van der Waals surface area contributed by atoms with Crippen molar-refractivity contribution in [2.45, 2.75) is 5.41 Å². The van der Waals surface area contributed by atoms with Crippen LogP contribution in [0, 0.1) is 0 Å². The summed E-state index contributed by atoms with van der Waals surface area (Å²) in [5.41, 5.74) is 24.5. The van der Waals surface area contributed by atoms with E-state index in [-0.39, 0.29) is 0 Å². The zero-order valence-corrected chi connectivity index (χ0v) is 37.4. The molecule has 11 aromatic carbocycles. The summed E-state index contributed by atoms with van der Waals surface area (Å²) >= 11 is 0. The number of rotatable bonds is 7. The van der Waals surface area contributed by atoms with Crippen molar-refractivity contribution >= 4 is 17.1 Å². The topological polar surface area (TPSA) is 3.24 Å². The molecule has 0 saturated heterocycles. The molecule has 1 spiro atoms. The second kappa shape index (κ2) is 16.3. The zero-order valence-electron chi connectivity index (χ0n) is 37.4. The smallest absolute Gasteiger partial charge is 0.0755 e. The highest BCUT2D eigenvalue weighted by Crippen LogP contribution is 2.67. The molecular formula is C67H45N. The Hall–Kier alpha value is -8.78. The van der Waals surface area contributed by atoms with E-state index < -0.39 is 5.41 Å². The molecule has 1 nitrogen and oxygen atoms in total. The molecule has 11 aromatic rings. The zero-order chi connectivity index (χ0) is 45.0. The molecule has 1 heterocycles.